The normalized spacial score (nSPS) is 19.8. The van der Waals surface area contributed by atoms with E-state index in [1.54, 1.807) is 0 Å². The molecule has 0 spiro atoms. The van der Waals surface area contributed by atoms with Gasteiger partial charge in [-0.2, -0.15) is 0 Å². The van der Waals surface area contributed by atoms with Gasteiger partial charge >= 0.3 is 0 Å². The Kier molecular flexibility index (Phi) is 4.84. The molecule has 0 aromatic carbocycles. The maximum atomic E-state index is 11.4. The van der Waals surface area contributed by atoms with Crippen LogP contribution in [0.15, 0.2) is 0 Å². The standard InChI is InChI=1S/C9H19NO3S/c11-7-4-8-14(12,13)10-9-5-2-1-3-6-9/h9-11H,1-8H2. The minimum absolute atomic E-state index is 0.0417. The molecule has 1 rings (SSSR count). The highest BCUT2D eigenvalue weighted by atomic mass is 32.2. The van der Waals surface area contributed by atoms with E-state index in [-0.39, 0.29) is 18.4 Å². The van der Waals surface area contributed by atoms with Crippen molar-refractivity contribution in [1.82, 2.24) is 4.72 Å². The van der Waals surface area contributed by atoms with Crippen molar-refractivity contribution in [2.24, 2.45) is 0 Å². The third-order valence-corrected chi connectivity index (χ3v) is 4.04. The third kappa shape index (κ3) is 4.39. The van der Waals surface area contributed by atoms with E-state index in [1.807, 2.05) is 0 Å². The van der Waals surface area contributed by atoms with Crippen LogP contribution in [0.5, 0.6) is 0 Å². The summed E-state index contributed by atoms with van der Waals surface area (Å²) in [5.74, 6) is 0.0417. The highest BCUT2D eigenvalue weighted by Gasteiger charge is 2.19. The van der Waals surface area contributed by atoms with E-state index in [4.69, 9.17) is 5.11 Å². The Morgan fingerprint density at radius 3 is 2.43 bits per heavy atom. The van der Waals surface area contributed by atoms with Gasteiger partial charge in [-0.1, -0.05) is 19.3 Å². The van der Waals surface area contributed by atoms with Crippen LogP contribution in [0.3, 0.4) is 0 Å². The second kappa shape index (κ2) is 5.68. The lowest BCUT2D eigenvalue weighted by Crippen LogP contribution is -2.37. The van der Waals surface area contributed by atoms with Crippen LogP contribution >= 0.6 is 0 Å². The van der Waals surface area contributed by atoms with Gasteiger partial charge in [0.15, 0.2) is 0 Å². The van der Waals surface area contributed by atoms with E-state index >= 15 is 0 Å². The van der Waals surface area contributed by atoms with Crippen LogP contribution in [-0.4, -0.2) is 31.9 Å². The number of aliphatic hydroxyl groups excluding tert-OH is 1. The molecular formula is C9H19NO3S. The summed E-state index contributed by atoms with van der Waals surface area (Å²) in [4.78, 5) is 0. The monoisotopic (exact) mass is 221 g/mol. The summed E-state index contributed by atoms with van der Waals surface area (Å²) in [7, 11) is -3.15. The van der Waals surface area contributed by atoms with E-state index in [9.17, 15) is 8.42 Å². The molecule has 84 valence electrons. The summed E-state index contributed by atoms with van der Waals surface area (Å²) in [5.41, 5.74) is 0. The van der Waals surface area contributed by atoms with Crippen LogP contribution in [0.1, 0.15) is 38.5 Å². The van der Waals surface area contributed by atoms with Gasteiger partial charge in [-0.3, -0.25) is 0 Å². The number of hydrogen-bond donors (Lipinski definition) is 2. The first kappa shape index (κ1) is 11.9. The third-order valence-electron chi connectivity index (χ3n) is 2.52. The van der Waals surface area contributed by atoms with Gasteiger partial charge in [-0.25, -0.2) is 13.1 Å². The fourth-order valence-corrected chi connectivity index (χ4v) is 3.16. The zero-order valence-electron chi connectivity index (χ0n) is 8.41. The predicted molar refractivity (Wildman–Crippen MR) is 55.5 cm³/mol. The summed E-state index contributed by atoms with van der Waals surface area (Å²) >= 11 is 0. The molecule has 0 amide bonds. The van der Waals surface area contributed by atoms with Crippen LogP contribution in [0.4, 0.5) is 0 Å². The second-order valence-electron chi connectivity index (χ2n) is 3.85. The number of nitrogens with one attached hydrogen (secondary N) is 1. The summed E-state index contributed by atoms with van der Waals surface area (Å²) in [6.45, 7) is -0.0639. The zero-order valence-corrected chi connectivity index (χ0v) is 9.22. The molecule has 2 N–H and O–H groups in total. The van der Waals surface area contributed by atoms with Crippen molar-refractivity contribution in [3.8, 4) is 0 Å². The highest BCUT2D eigenvalue weighted by Crippen LogP contribution is 2.18. The Morgan fingerprint density at radius 2 is 1.86 bits per heavy atom. The van der Waals surface area contributed by atoms with Crippen molar-refractivity contribution in [2.45, 2.75) is 44.6 Å². The molecule has 14 heavy (non-hydrogen) atoms. The molecule has 0 atom stereocenters. The van der Waals surface area contributed by atoms with Gasteiger partial charge in [-0.15, -0.1) is 0 Å². The molecule has 0 aliphatic heterocycles. The van der Waals surface area contributed by atoms with Crippen molar-refractivity contribution in [3.63, 3.8) is 0 Å². The van der Waals surface area contributed by atoms with E-state index < -0.39 is 10.0 Å². The fourth-order valence-electron chi connectivity index (χ4n) is 1.79. The molecule has 1 aliphatic carbocycles. The predicted octanol–water partition coefficient (Wildman–Crippen LogP) is 0.621. The Labute approximate surface area is 85.8 Å². The van der Waals surface area contributed by atoms with Crippen molar-refractivity contribution in [1.29, 1.82) is 0 Å². The largest absolute Gasteiger partial charge is 0.396 e. The van der Waals surface area contributed by atoms with E-state index in [1.165, 1.54) is 6.42 Å². The van der Waals surface area contributed by atoms with Crippen molar-refractivity contribution in [2.75, 3.05) is 12.4 Å². The molecule has 4 nitrogen and oxygen atoms in total. The zero-order chi connectivity index (χ0) is 10.4. The van der Waals surface area contributed by atoms with Gasteiger partial charge in [0, 0.05) is 12.6 Å². The number of sulfonamides is 1. The topological polar surface area (TPSA) is 66.4 Å². The summed E-state index contributed by atoms with van der Waals surface area (Å²) in [6, 6.07) is 0.132. The molecule has 0 saturated heterocycles. The smallest absolute Gasteiger partial charge is 0.211 e. The highest BCUT2D eigenvalue weighted by molar-refractivity contribution is 7.89. The molecule has 1 aliphatic rings. The number of rotatable bonds is 5. The van der Waals surface area contributed by atoms with Gasteiger partial charge in [0.05, 0.1) is 5.75 Å². The first-order valence-electron chi connectivity index (χ1n) is 5.25. The SMILES string of the molecule is O=S(=O)(CCCO)NC1CCCCC1. The van der Waals surface area contributed by atoms with Gasteiger partial charge in [0.25, 0.3) is 0 Å². The minimum Gasteiger partial charge on any atom is -0.396 e. The fraction of sp³-hybridized carbons (Fsp3) is 1.00. The molecule has 1 fully saturated rings. The molecule has 0 heterocycles. The van der Waals surface area contributed by atoms with E-state index in [2.05, 4.69) is 4.72 Å². The lowest BCUT2D eigenvalue weighted by molar-refractivity contribution is 0.295. The molecule has 0 aromatic rings. The second-order valence-corrected chi connectivity index (χ2v) is 5.72. The summed E-state index contributed by atoms with van der Waals surface area (Å²) in [6.07, 6.45) is 5.69. The molecular weight excluding hydrogens is 202 g/mol. The maximum absolute atomic E-state index is 11.4. The summed E-state index contributed by atoms with van der Waals surface area (Å²) in [5, 5.41) is 8.54. The van der Waals surface area contributed by atoms with Crippen LogP contribution in [0.25, 0.3) is 0 Å². The Balaban J connectivity index is 2.33. The lowest BCUT2D eigenvalue weighted by Gasteiger charge is -2.22. The lowest BCUT2D eigenvalue weighted by atomic mass is 9.96. The molecule has 1 saturated carbocycles. The average Bonchev–Trinajstić information content (AvgIpc) is 2.16. The van der Waals surface area contributed by atoms with Crippen molar-refractivity contribution in [3.05, 3.63) is 0 Å². The summed E-state index contributed by atoms with van der Waals surface area (Å²) < 4.78 is 25.6. The van der Waals surface area contributed by atoms with Gasteiger partial charge in [0.2, 0.25) is 10.0 Å². The van der Waals surface area contributed by atoms with Crippen molar-refractivity contribution < 1.29 is 13.5 Å². The molecule has 5 heteroatoms. The van der Waals surface area contributed by atoms with Crippen LogP contribution in [0, 0.1) is 0 Å². The molecule has 0 unspecified atom stereocenters. The molecule has 0 radical (unpaired) electrons. The minimum atomic E-state index is -3.15. The average molecular weight is 221 g/mol. The Morgan fingerprint density at radius 1 is 1.21 bits per heavy atom. The molecule has 0 bridgehead atoms. The van der Waals surface area contributed by atoms with E-state index in [0.29, 0.717) is 6.42 Å². The van der Waals surface area contributed by atoms with Crippen LogP contribution in [-0.2, 0) is 10.0 Å². The first-order valence-corrected chi connectivity index (χ1v) is 6.90. The van der Waals surface area contributed by atoms with E-state index in [0.717, 1.165) is 25.7 Å². The van der Waals surface area contributed by atoms with Crippen molar-refractivity contribution >= 4 is 10.0 Å². The Hall–Kier alpha value is -0.130. The van der Waals surface area contributed by atoms with Crippen LogP contribution < -0.4 is 4.72 Å². The van der Waals surface area contributed by atoms with Gasteiger partial charge in [0.1, 0.15) is 0 Å². The van der Waals surface area contributed by atoms with Crippen LogP contribution in [0.2, 0.25) is 0 Å². The van der Waals surface area contributed by atoms with Gasteiger partial charge < -0.3 is 5.11 Å². The quantitative estimate of drug-likeness (QED) is 0.715. The number of aliphatic hydroxyl groups is 1. The Bertz CT molecular complexity index is 245. The number of hydrogen-bond acceptors (Lipinski definition) is 3. The first-order chi connectivity index (χ1) is 6.64. The molecule has 0 aromatic heterocycles. The van der Waals surface area contributed by atoms with Gasteiger partial charge in [-0.05, 0) is 19.3 Å². The maximum Gasteiger partial charge on any atom is 0.211 e.